The van der Waals surface area contributed by atoms with Crippen molar-refractivity contribution in [3.05, 3.63) is 24.0 Å². The number of hydrogen-bond donors (Lipinski definition) is 1. The Bertz CT molecular complexity index is 904. The van der Waals surface area contributed by atoms with Gasteiger partial charge in [0.2, 0.25) is 18.2 Å². The van der Waals surface area contributed by atoms with Gasteiger partial charge in [-0.25, -0.2) is 31.3 Å². The summed E-state index contributed by atoms with van der Waals surface area (Å²) >= 11 is 0. The molecule has 0 radical (unpaired) electrons. The van der Waals surface area contributed by atoms with E-state index in [1.54, 1.807) is 0 Å². The first-order valence-corrected chi connectivity index (χ1v) is 8.73. The molecule has 0 bridgehead atoms. The van der Waals surface area contributed by atoms with Crippen molar-refractivity contribution in [3.8, 4) is 0 Å². The number of anilines is 1. The number of alkyl halides is 5. The number of aromatic nitrogens is 2. The van der Waals surface area contributed by atoms with Crippen molar-refractivity contribution in [2.75, 3.05) is 25.0 Å². The van der Waals surface area contributed by atoms with Gasteiger partial charge in [0, 0.05) is 26.6 Å². The molecule has 1 aromatic carbocycles. The second-order valence-electron chi connectivity index (χ2n) is 6.91. The average Bonchev–Trinajstić information content (AvgIpc) is 3.00. The number of nitrogens with zero attached hydrogens (tertiary/aromatic N) is 4. The summed E-state index contributed by atoms with van der Waals surface area (Å²) in [7, 11) is 0.871. The minimum absolute atomic E-state index is 0.0470. The SMILES string of the molecule is CN(C(=O)Cn1c(N2CCC(F)(F)C(N)C2)nc2ccc(F)cc21)C(F)C(F)F. The van der Waals surface area contributed by atoms with Gasteiger partial charge in [0.1, 0.15) is 12.4 Å². The molecule has 6 nitrogen and oxygen atoms in total. The van der Waals surface area contributed by atoms with Gasteiger partial charge in [-0.3, -0.25) is 4.79 Å². The van der Waals surface area contributed by atoms with Crippen LogP contribution in [-0.4, -0.2) is 65.2 Å². The molecule has 29 heavy (non-hydrogen) atoms. The molecule has 1 saturated heterocycles. The van der Waals surface area contributed by atoms with Gasteiger partial charge >= 0.3 is 0 Å². The van der Waals surface area contributed by atoms with Crippen LogP contribution in [0.5, 0.6) is 0 Å². The van der Waals surface area contributed by atoms with Gasteiger partial charge in [0.05, 0.1) is 17.1 Å². The zero-order valence-electron chi connectivity index (χ0n) is 15.3. The number of likely N-dealkylation sites (N-methyl/N-ethyl adjacent to an activating group) is 1. The second-order valence-corrected chi connectivity index (χ2v) is 6.91. The van der Waals surface area contributed by atoms with Gasteiger partial charge < -0.3 is 20.1 Å². The van der Waals surface area contributed by atoms with E-state index in [2.05, 4.69) is 4.98 Å². The summed E-state index contributed by atoms with van der Waals surface area (Å²) in [4.78, 5) is 18.2. The summed E-state index contributed by atoms with van der Waals surface area (Å²) in [5, 5.41) is 0. The topological polar surface area (TPSA) is 67.4 Å². The van der Waals surface area contributed by atoms with Crippen LogP contribution in [0.25, 0.3) is 11.0 Å². The molecular weight excluding hydrogens is 404 g/mol. The van der Waals surface area contributed by atoms with Gasteiger partial charge in [-0.15, -0.1) is 0 Å². The molecule has 1 amide bonds. The van der Waals surface area contributed by atoms with E-state index in [1.807, 2.05) is 0 Å². The van der Waals surface area contributed by atoms with E-state index < -0.39 is 49.4 Å². The lowest BCUT2D eigenvalue weighted by molar-refractivity contribution is -0.142. The van der Waals surface area contributed by atoms with E-state index in [9.17, 15) is 31.1 Å². The molecule has 2 atom stereocenters. The number of imidazole rings is 1. The smallest absolute Gasteiger partial charge is 0.287 e. The molecule has 0 saturated carbocycles. The summed E-state index contributed by atoms with van der Waals surface area (Å²) < 4.78 is 81.1. The zero-order chi connectivity index (χ0) is 21.5. The fourth-order valence-corrected chi connectivity index (χ4v) is 3.15. The van der Waals surface area contributed by atoms with Gasteiger partial charge in [-0.1, -0.05) is 0 Å². The molecule has 160 valence electrons. The summed E-state index contributed by atoms with van der Waals surface area (Å²) in [5.74, 6) is -4.70. The van der Waals surface area contributed by atoms with Crippen LogP contribution in [0.3, 0.4) is 0 Å². The third kappa shape index (κ3) is 4.11. The van der Waals surface area contributed by atoms with Crippen molar-refractivity contribution in [2.45, 2.75) is 37.7 Å². The van der Waals surface area contributed by atoms with Crippen molar-refractivity contribution in [2.24, 2.45) is 5.73 Å². The molecule has 0 aliphatic carbocycles. The van der Waals surface area contributed by atoms with Crippen molar-refractivity contribution in [1.29, 1.82) is 0 Å². The standard InChI is InChI=1S/C17H19F6N5O/c1-26(15(21)14(19)20)13(29)8-28-11-6-9(18)2-3-10(11)25-16(28)27-5-4-17(22,23)12(24)7-27/h2-3,6,12,14-15H,4-5,7-8,24H2,1H3. The summed E-state index contributed by atoms with van der Waals surface area (Å²) in [5.41, 5.74) is 5.93. The Kier molecular flexibility index (Phi) is 5.65. The van der Waals surface area contributed by atoms with Crippen molar-refractivity contribution < 1.29 is 31.1 Å². The van der Waals surface area contributed by atoms with Gasteiger partial charge in [0.15, 0.2) is 0 Å². The van der Waals surface area contributed by atoms with E-state index in [1.165, 1.54) is 15.5 Å². The van der Waals surface area contributed by atoms with Crippen LogP contribution in [0.2, 0.25) is 0 Å². The van der Waals surface area contributed by atoms with Crippen molar-refractivity contribution in [1.82, 2.24) is 14.5 Å². The maximum atomic E-state index is 13.7. The first-order chi connectivity index (χ1) is 13.5. The number of amides is 1. The van der Waals surface area contributed by atoms with Crippen LogP contribution < -0.4 is 10.6 Å². The average molecular weight is 423 g/mol. The monoisotopic (exact) mass is 423 g/mol. The van der Waals surface area contributed by atoms with E-state index in [0.29, 0.717) is 0 Å². The highest BCUT2D eigenvalue weighted by atomic mass is 19.3. The summed E-state index contributed by atoms with van der Waals surface area (Å²) in [6.45, 7) is -1.06. The molecule has 1 aliphatic rings. The number of carbonyl (C=O) groups is 1. The third-order valence-electron chi connectivity index (χ3n) is 4.91. The van der Waals surface area contributed by atoms with E-state index in [0.717, 1.165) is 19.2 Å². The highest BCUT2D eigenvalue weighted by Gasteiger charge is 2.43. The Hall–Kier alpha value is -2.50. The third-order valence-corrected chi connectivity index (χ3v) is 4.91. The normalized spacial score (nSPS) is 20.3. The molecular formula is C17H19F6N5O. The lowest BCUT2D eigenvalue weighted by Gasteiger charge is -2.37. The van der Waals surface area contributed by atoms with E-state index in [-0.39, 0.29) is 35.0 Å². The number of carbonyl (C=O) groups excluding carboxylic acids is 1. The van der Waals surface area contributed by atoms with Gasteiger partial charge in [-0.05, 0) is 18.2 Å². The number of rotatable bonds is 5. The maximum absolute atomic E-state index is 13.7. The quantitative estimate of drug-likeness (QED) is 0.593. The molecule has 0 spiro atoms. The fourth-order valence-electron chi connectivity index (χ4n) is 3.15. The van der Waals surface area contributed by atoms with E-state index in [4.69, 9.17) is 5.73 Å². The molecule has 2 heterocycles. The van der Waals surface area contributed by atoms with Gasteiger partial charge in [-0.2, -0.15) is 0 Å². The maximum Gasteiger partial charge on any atom is 0.287 e. The predicted octanol–water partition coefficient (Wildman–Crippen LogP) is 2.37. The molecule has 2 N–H and O–H groups in total. The van der Waals surface area contributed by atoms with Crippen LogP contribution in [-0.2, 0) is 11.3 Å². The van der Waals surface area contributed by atoms with Crippen LogP contribution in [0, 0.1) is 5.82 Å². The Morgan fingerprint density at radius 1 is 1.38 bits per heavy atom. The van der Waals surface area contributed by atoms with Crippen LogP contribution >= 0.6 is 0 Å². The van der Waals surface area contributed by atoms with Crippen LogP contribution in [0.4, 0.5) is 32.3 Å². The Balaban J connectivity index is 1.97. The molecule has 1 aliphatic heterocycles. The first kappa shape index (κ1) is 21.2. The van der Waals surface area contributed by atoms with Crippen LogP contribution in [0.15, 0.2) is 18.2 Å². The lowest BCUT2D eigenvalue weighted by atomic mass is 10.0. The predicted molar refractivity (Wildman–Crippen MR) is 93.1 cm³/mol. The Morgan fingerprint density at radius 3 is 2.69 bits per heavy atom. The number of fused-ring (bicyclic) bond motifs is 1. The van der Waals surface area contributed by atoms with Gasteiger partial charge in [0.25, 0.3) is 12.3 Å². The fraction of sp³-hybridized carbons (Fsp3) is 0.529. The molecule has 1 fully saturated rings. The number of piperidine rings is 1. The largest absolute Gasteiger partial charge is 0.340 e. The highest BCUT2D eigenvalue weighted by Crippen LogP contribution is 2.31. The summed E-state index contributed by atoms with van der Waals surface area (Å²) in [6, 6.07) is 2.03. The Morgan fingerprint density at radius 2 is 2.07 bits per heavy atom. The molecule has 2 unspecified atom stereocenters. The number of benzene rings is 1. The lowest BCUT2D eigenvalue weighted by Crippen LogP contribution is -2.56. The van der Waals surface area contributed by atoms with Crippen LogP contribution in [0.1, 0.15) is 6.42 Å². The van der Waals surface area contributed by atoms with Crippen molar-refractivity contribution >= 4 is 22.9 Å². The highest BCUT2D eigenvalue weighted by molar-refractivity contribution is 5.83. The summed E-state index contributed by atoms with van der Waals surface area (Å²) in [6.07, 6.45) is -6.78. The minimum atomic E-state index is -3.40. The first-order valence-electron chi connectivity index (χ1n) is 8.73. The van der Waals surface area contributed by atoms with E-state index >= 15 is 0 Å². The molecule has 3 rings (SSSR count). The second kappa shape index (κ2) is 7.73. The molecule has 2 aromatic rings. The van der Waals surface area contributed by atoms with Crippen molar-refractivity contribution in [3.63, 3.8) is 0 Å². The zero-order valence-corrected chi connectivity index (χ0v) is 15.3. The molecule has 12 heteroatoms. The number of halogens is 6. The number of nitrogens with two attached hydrogens (primary N) is 1. The molecule has 1 aromatic heterocycles. The Labute approximate surface area is 161 Å². The number of hydrogen-bond acceptors (Lipinski definition) is 4. The minimum Gasteiger partial charge on any atom is -0.340 e.